The Hall–Kier alpha value is -1.54. The van der Waals surface area contributed by atoms with Crippen molar-refractivity contribution in [2.75, 3.05) is 0 Å². The van der Waals surface area contributed by atoms with Crippen molar-refractivity contribution in [3.63, 3.8) is 0 Å². The van der Waals surface area contributed by atoms with Gasteiger partial charge in [-0.2, -0.15) is 0 Å². The Balaban J connectivity index is 2.41. The van der Waals surface area contributed by atoms with Crippen molar-refractivity contribution >= 4 is 29.9 Å². The van der Waals surface area contributed by atoms with E-state index in [1.165, 1.54) is 22.3 Å². The van der Waals surface area contributed by atoms with Crippen LogP contribution in [-0.2, 0) is 10.6 Å². The molecule has 0 radical (unpaired) electrons. The Morgan fingerprint density at radius 3 is 1.50 bits per heavy atom. The van der Waals surface area contributed by atoms with Crippen LogP contribution in [0.5, 0.6) is 0 Å². The topological polar surface area (TPSA) is 47.6 Å². The third kappa shape index (κ3) is 3.73. The molecular formula is C16H12N2Se2. The summed E-state index contributed by atoms with van der Waals surface area (Å²) in [5.41, 5.74) is 4.86. The van der Waals surface area contributed by atoms with Gasteiger partial charge in [0.25, 0.3) is 0 Å². The number of nitriles is 2. The van der Waals surface area contributed by atoms with E-state index in [9.17, 15) is 0 Å². The zero-order chi connectivity index (χ0) is 14.2. The molecule has 2 aromatic carbocycles. The number of hydrogen-bond acceptors (Lipinski definition) is 2. The van der Waals surface area contributed by atoms with Crippen LogP contribution in [0.25, 0.3) is 11.1 Å². The fourth-order valence-corrected chi connectivity index (χ4v) is 4.02. The van der Waals surface area contributed by atoms with Crippen LogP contribution in [0.2, 0.25) is 0 Å². The van der Waals surface area contributed by atoms with E-state index >= 15 is 0 Å². The summed E-state index contributed by atoms with van der Waals surface area (Å²) in [7, 11) is 0. The summed E-state index contributed by atoms with van der Waals surface area (Å²) in [6.07, 6.45) is 0. The van der Waals surface area contributed by atoms with Crippen LogP contribution < -0.4 is 0 Å². The maximum absolute atomic E-state index is 8.80. The Labute approximate surface area is 131 Å². The van der Waals surface area contributed by atoms with Crippen LogP contribution in [0.4, 0.5) is 0 Å². The van der Waals surface area contributed by atoms with Gasteiger partial charge in [0.05, 0.1) is 0 Å². The fourth-order valence-electron chi connectivity index (χ4n) is 2.04. The number of nitrogens with zero attached hydrogens (tertiary/aromatic N) is 2. The Bertz CT molecular complexity index is 609. The van der Waals surface area contributed by atoms with Gasteiger partial charge in [0.2, 0.25) is 0 Å². The Kier molecular flexibility index (Phi) is 5.87. The third-order valence-corrected chi connectivity index (χ3v) is 5.36. The van der Waals surface area contributed by atoms with Crippen LogP contribution in [-0.4, -0.2) is 29.9 Å². The van der Waals surface area contributed by atoms with E-state index in [1.54, 1.807) is 0 Å². The van der Waals surface area contributed by atoms with Crippen molar-refractivity contribution in [3.05, 3.63) is 59.7 Å². The van der Waals surface area contributed by atoms with Gasteiger partial charge >= 0.3 is 132 Å². The summed E-state index contributed by atoms with van der Waals surface area (Å²) in [5.74, 6) is 0. The SMILES string of the molecule is N#C[Se]Cc1ccccc1-c1ccccc1C[Se]C#N. The number of rotatable bonds is 5. The molecule has 0 spiro atoms. The summed E-state index contributed by atoms with van der Waals surface area (Å²) in [5, 5.41) is 19.3. The standard InChI is InChI=1S/C16H12N2Se2/c17-11-19-9-13-5-1-3-7-15(13)16-8-4-2-6-14(16)10-20-12-18/h1-8H,9-10H2. The molecule has 0 N–H and O–H groups in total. The Morgan fingerprint density at radius 2 is 1.10 bits per heavy atom. The van der Waals surface area contributed by atoms with Crippen LogP contribution in [0.15, 0.2) is 48.5 Å². The predicted molar refractivity (Wildman–Crippen MR) is 82.0 cm³/mol. The van der Waals surface area contributed by atoms with Crippen molar-refractivity contribution < 1.29 is 0 Å². The summed E-state index contributed by atoms with van der Waals surface area (Å²) >= 11 is -0.0245. The van der Waals surface area contributed by atoms with Gasteiger partial charge < -0.3 is 0 Å². The first-order valence-electron chi connectivity index (χ1n) is 6.04. The molecule has 0 saturated carbocycles. The average Bonchev–Trinajstić information content (AvgIpc) is 2.51. The molecule has 0 heterocycles. The van der Waals surface area contributed by atoms with Crippen LogP contribution in [0, 0.1) is 20.5 Å². The maximum atomic E-state index is 8.80. The average molecular weight is 390 g/mol. The molecule has 98 valence electrons. The molecule has 2 aromatic rings. The molecule has 0 aliphatic heterocycles. The van der Waals surface area contributed by atoms with Crippen LogP contribution >= 0.6 is 0 Å². The predicted octanol–water partition coefficient (Wildman–Crippen LogP) is 2.72. The van der Waals surface area contributed by atoms with E-state index in [0.717, 1.165) is 10.6 Å². The zero-order valence-electron chi connectivity index (χ0n) is 10.7. The van der Waals surface area contributed by atoms with Crippen molar-refractivity contribution in [1.29, 1.82) is 10.5 Å². The zero-order valence-corrected chi connectivity index (χ0v) is 14.2. The van der Waals surface area contributed by atoms with E-state index in [1.807, 2.05) is 24.3 Å². The van der Waals surface area contributed by atoms with Gasteiger partial charge in [0, 0.05) is 0 Å². The van der Waals surface area contributed by atoms with E-state index < -0.39 is 0 Å². The molecule has 2 rings (SSSR count). The minimum atomic E-state index is -0.0123. The summed E-state index contributed by atoms with van der Waals surface area (Å²) in [4.78, 5) is 4.53. The molecule has 20 heavy (non-hydrogen) atoms. The molecule has 0 atom stereocenters. The van der Waals surface area contributed by atoms with Crippen molar-refractivity contribution in [3.8, 4) is 21.1 Å². The second-order valence-electron chi connectivity index (χ2n) is 4.07. The quantitative estimate of drug-likeness (QED) is 0.738. The molecular weight excluding hydrogens is 378 g/mol. The molecule has 0 aliphatic carbocycles. The first kappa shape index (κ1) is 14.9. The molecule has 0 aromatic heterocycles. The second-order valence-corrected chi connectivity index (χ2v) is 7.26. The molecule has 0 bridgehead atoms. The van der Waals surface area contributed by atoms with Gasteiger partial charge in [-0.15, -0.1) is 0 Å². The third-order valence-electron chi connectivity index (χ3n) is 2.91. The first-order chi connectivity index (χ1) is 9.86. The van der Waals surface area contributed by atoms with Crippen molar-refractivity contribution in [2.24, 2.45) is 0 Å². The Morgan fingerprint density at radius 1 is 0.700 bits per heavy atom. The van der Waals surface area contributed by atoms with Crippen LogP contribution in [0.1, 0.15) is 11.1 Å². The molecule has 0 unspecified atom stereocenters. The normalized spacial score (nSPS) is 9.70. The van der Waals surface area contributed by atoms with Crippen molar-refractivity contribution in [2.45, 2.75) is 10.6 Å². The van der Waals surface area contributed by atoms with E-state index in [-0.39, 0.29) is 29.9 Å². The fraction of sp³-hybridized carbons (Fsp3) is 0.125. The van der Waals surface area contributed by atoms with Gasteiger partial charge in [0.1, 0.15) is 0 Å². The van der Waals surface area contributed by atoms with E-state index in [0.29, 0.717) is 0 Å². The monoisotopic (exact) mass is 392 g/mol. The summed E-state index contributed by atoms with van der Waals surface area (Å²) < 4.78 is 0. The van der Waals surface area contributed by atoms with Crippen molar-refractivity contribution in [1.82, 2.24) is 0 Å². The first-order valence-corrected chi connectivity index (χ1v) is 10.2. The summed E-state index contributed by atoms with van der Waals surface area (Å²) in [6, 6.07) is 16.5. The number of hydrogen-bond donors (Lipinski definition) is 0. The molecule has 0 amide bonds. The van der Waals surface area contributed by atoms with Gasteiger partial charge in [-0.25, -0.2) is 0 Å². The van der Waals surface area contributed by atoms with Gasteiger partial charge in [-0.1, -0.05) is 0 Å². The van der Waals surface area contributed by atoms with Gasteiger partial charge in [0.15, 0.2) is 0 Å². The van der Waals surface area contributed by atoms with Crippen LogP contribution in [0.3, 0.4) is 0 Å². The molecule has 0 saturated heterocycles. The molecule has 2 nitrogen and oxygen atoms in total. The van der Waals surface area contributed by atoms with E-state index in [2.05, 4.69) is 34.2 Å². The van der Waals surface area contributed by atoms with Gasteiger partial charge in [-0.3, -0.25) is 0 Å². The number of benzene rings is 2. The molecule has 0 aliphatic rings. The summed E-state index contributed by atoms with van der Waals surface area (Å²) in [6.45, 7) is 0. The molecule has 0 fully saturated rings. The minimum absolute atomic E-state index is 0.0123. The molecule has 4 heteroatoms. The second kappa shape index (κ2) is 7.91. The van der Waals surface area contributed by atoms with E-state index in [4.69, 9.17) is 10.5 Å². The van der Waals surface area contributed by atoms with Gasteiger partial charge in [-0.05, 0) is 0 Å².